The van der Waals surface area contributed by atoms with Crippen LogP contribution >= 0.6 is 0 Å². The van der Waals surface area contributed by atoms with E-state index in [0.717, 1.165) is 0 Å². The minimum absolute atomic E-state index is 0.0576. The number of nitrogens with zero attached hydrogens (tertiary/aromatic N) is 1. The smallest absolute Gasteiger partial charge is 0.322 e. The van der Waals surface area contributed by atoms with Gasteiger partial charge in [-0.1, -0.05) is 35.5 Å². The Morgan fingerprint density at radius 2 is 2.04 bits per heavy atom. The van der Waals surface area contributed by atoms with E-state index in [9.17, 15) is 19.2 Å². The Morgan fingerprint density at radius 3 is 2.64 bits per heavy atom. The number of amides is 4. The summed E-state index contributed by atoms with van der Waals surface area (Å²) in [6, 6.07) is 8.61. The molecule has 0 radical (unpaired) electrons. The summed E-state index contributed by atoms with van der Waals surface area (Å²) < 4.78 is 10.2. The second-order valence-electron chi connectivity index (χ2n) is 6.15. The molecule has 1 aromatic carbocycles. The molecule has 2 atom stereocenters. The SMILES string of the molecule is Cc1cc(NC(=O)[C@@H](OC(=O)CC[C@@H]2NC(=O)NC2=O)c2ccccc2)no1. The number of carbonyl (C=O) groups is 4. The topological polar surface area (TPSA) is 140 Å². The second-order valence-corrected chi connectivity index (χ2v) is 6.15. The van der Waals surface area contributed by atoms with Crippen LogP contribution in [0.3, 0.4) is 0 Å². The van der Waals surface area contributed by atoms with E-state index in [1.807, 2.05) is 0 Å². The summed E-state index contributed by atoms with van der Waals surface area (Å²) in [4.78, 5) is 47.5. The van der Waals surface area contributed by atoms with Crippen molar-refractivity contribution in [1.29, 1.82) is 0 Å². The summed E-state index contributed by atoms with van der Waals surface area (Å²) in [5, 5.41) is 10.7. The maximum absolute atomic E-state index is 12.6. The number of aromatic nitrogens is 1. The molecule has 0 spiro atoms. The summed E-state index contributed by atoms with van der Waals surface area (Å²) in [6.07, 6.45) is -1.31. The lowest BCUT2D eigenvalue weighted by atomic mass is 10.1. The van der Waals surface area contributed by atoms with Crippen LogP contribution in [0, 0.1) is 6.92 Å². The van der Waals surface area contributed by atoms with Crippen molar-refractivity contribution in [3.8, 4) is 0 Å². The van der Waals surface area contributed by atoms with Gasteiger partial charge in [-0.2, -0.15) is 0 Å². The zero-order chi connectivity index (χ0) is 20.1. The van der Waals surface area contributed by atoms with E-state index in [2.05, 4.69) is 21.1 Å². The maximum Gasteiger partial charge on any atom is 0.322 e. The Bertz CT molecular complexity index is 894. The fourth-order valence-electron chi connectivity index (χ4n) is 2.63. The van der Waals surface area contributed by atoms with E-state index >= 15 is 0 Å². The van der Waals surface area contributed by atoms with Crippen molar-refractivity contribution in [2.45, 2.75) is 31.9 Å². The van der Waals surface area contributed by atoms with Gasteiger partial charge in [-0.25, -0.2) is 4.79 Å². The van der Waals surface area contributed by atoms with Gasteiger partial charge in [-0.05, 0) is 13.3 Å². The number of hydrogen-bond acceptors (Lipinski definition) is 7. The monoisotopic (exact) mass is 386 g/mol. The fourth-order valence-corrected chi connectivity index (χ4v) is 2.63. The number of benzene rings is 1. The van der Waals surface area contributed by atoms with Gasteiger partial charge in [0.05, 0.1) is 0 Å². The summed E-state index contributed by atoms with van der Waals surface area (Å²) in [7, 11) is 0. The standard InChI is InChI=1S/C18H18N4O6/c1-10-9-13(22-28-10)20-17(25)15(11-5-3-2-4-6-11)27-14(23)8-7-12-16(24)21-18(26)19-12/h2-6,9,12,15H,7-8H2,1H3,(H,20,22,25)(H2,19,21,24,26)/t12-,15-/m0/s1. The molecule has 1 aliphatic rings. The molecule has 0 aliphatic carbocycles. The third-order valence-corrected chi connectivity index (χ3v) is 3.96. The maximum atomic E-state index is 12.6. The van der Waals surface area contributed by atoms with Crippen LogP contribution in [0.1, 0.15) is 30.3 Å². The fraction of sp³-hybridized carbons (Fsp3) is 0.278. The molecule has 2 heterocycles. The molecular weight excluding hydrogens is 368 g/mol. The number of urea groups is 1. The first-order valence-electron chi connectivity index (χ1n) is 8.52. The molecule has 28 heavy (non-hydrogen) atoms. The summed E-state index contributed by atoms with van der Waals surface area (Å²) in [6.45, 7) is 1.68. The predicted molar refractivity (Wildman–Crippen MR) is 94.8 cm³/mol. The molecule has 0 bridgehead atoms. The number of rotatable bonds is 7. The molecule has 10 nitrogen and oxygen atoms in total. The highest BCUT2D eigenvalue weighted by Crippen LogP contribution is 2.21. The third-order valence-electron chi connectivity index (χ3n) is 3.96. The predicted octanol–water partition coefficient (Wildman–Crippen LogP) is 1.19. The van der Waals surface area contributed by atoms with Crippen LogP contribution in [0.25, 0.3) is 0 Å². The molecular formula is C18H18N4O6. The summed E-state index contributed by atoms with van der Waals surface area (Å²) in [5.41, 5.74) is 0.473. The zero-order valence-electron chi connectivity index (χ0n) is 14.9. The minimum Gasteiger partial charge on any atom is -0.447 e. The first kappa shape index (κ1) is 19.1. The van der Waals surface area contributed by atoms with Gasteiger partial charge in [0.25, 0.3) is 11.8 Å². The summed E-state index contributed by atoms with van der Waals surface area (Å²) in [5.74, 6) is -1.07. The number of hydrogen-bond donors (Lipinski definition) is 3. The van der Waals surface area contributed by atoms with E-state index in [0.29, 0.717) is 11.3 Å². The summed E-state index contributed by atoms with van der Waals surface area (Å²) >= 11 is 0. The number of carbonyl (C=O) groups excluding carboxylic acids is 4. The molecule has 0 unspecified atom stereocenters. The average molecular weight is 386 g/mol. The Hall–Kier alpha value is -3.69. The van der Waals surface area contributed by atoms with Gasteiger partial charge >= 0.3 is 12.0 Å². The average Bonchev–Trinajstić information content (AvgIpc) is 3.22. The van der Waals surface area contributed by atoms with Crippen LogP contribution in [-0.2, 0) is 19.1 Å². The number of aryl methyl sites for hydroxylation is 1. The zero-order valence-corrected chi connectivity index (χ0v) is 14.9. The molecule has 2 aromatic rings. The highest BCUT2D eigenvalue weighted by atomic mass is 16.5. The Kier molecular flexibility index (Phi) is 5.68. The van der Waals surface area contributed by atoms with Crippen LogP contribution in [0.2, 0.25) is 0 Å². The largest absolute Gasteiger partial charge is 0.447 e. The molecule has 146 valence electrons. The lowest BCUT2D eigenvalue weighted by molar-refractivity contribution is -0.155. The van der Waals surface area contributed by atoms with Crippen molar-refractivity contribution in [3.63, 3.8) is 0 Å². The van der Waals surface area contributed by atoms with Crippen LogP contribution in [0.5, 0.6) is 0 Å². The first-order chi connectivity index (χ1) is 13.4. The van der Waals surface area contributed by atoms with E-state index in [4.69, 9.17) is 9.26 Å². The number of nitrogens with one attached hydrogen (secondary N) is 3. The number of esters is 1. The van der Waals surface area contributed by atoms with Crippen LogP contribution in [-0.4, -0.2) is 35.0 Å². The van der Waals surface area contributed by atoms with Crippen molar-refractivity contribution in [3.05, 3.63) is 47.7 Å². The highest BCUT2D eigenvalue weighted by molar-refractivity contribution is 6.04. The van der Waals surface area contributed by atoms with E-state index in [-0.39, 0.29) is 18.7 Å². The van der Waals surface area contributed by atoms with Crippen molar-refractivity contribution in [2.24, 2.45) is 0 Å². The van der Waals surface area contributed by atoms with Gasteiger partial charge in [-0.3, -0.25) is 19.7 Å². The molecule has 3 N–H and O–H groups in total. The second kappa shape index (κ2) is 8.33. The molecule has 1 fully saturated rings. The van der Waals surface area contributed by atoms with Crippen molar-refractivity contribution >= 4 is 29.6 Å². The lowest BCUT2D eigenvalue weighted by Crippen LogP contribution is -2.30. The van der Waals surface area contributed by atoms with Crippen molar-refractivity contribution in [1.82, 2.24) is 15.8 Å². The molecule has 10 heteroatoms. The van der Waals surface area contributed by atoms with Gasteiger partial charge < -0.3 is 19.9 Å². The minimum atomic E-state index is -1.21. The quantitative estimate of drug-likeness (QED) is 0.480. The Morgan fingerprint density at radius 1 is 1.29 bits per heavy atom. The molecule has 1 saturated heterocycles. The molecule has 3 rings (SSSR count). The molecule has 0 saturated carbocycles. The molecule has 1 aliphatic heterocycles. The van der Waals surface area contributed by atoms with Crippen LogP contribution < -0.4 is 16.0 Å². The first-order valence-corrected chi connectivity index (χ1v) is 8.52. The number of anilines is 1. The number of ether oxygens (including phenoxy) is 1. The van der Waals surface area contributed by atoms with Crippen molar-refractivity contribution < 1.29 is 28.4 Å². The highest BCUT2D eigenvalue weighted by Gasteiger charge is 2.31. The van der Waals surface area contributed by atoms with Gasteiger partial charge in [-0.15, -0.1) is 0 Å². The Labute approximate surface area is 159 Å². The lowest BCUT2D eigenvalue weighted by Gasteiger charge is -2.17. The van der Waals surface area contributed by atoms with E-state index < -0.39 is 36.0 Å². The van der Waals surface area contributed by atoms with Gasteiger partial charge in [0.2, 0.25) is 6.10 Å². The molecule has 4 amide bonds. The van der Waals surface area contributed by atoms with Crippen molar-refractivity contribution in [2.75, 3.05) is 5.32 Å². The Balaban J connectivity index is 1.65. The van der Waals surface area contributed by atoms with Crippen LogP contribution in [0.15, 0.2) is 40.9 Å². The van der Waals surface area contributed by atoms with Gasteiger partial charge in [0.15, 0.2) is 5.82 Å². The van der Waals surface area contributed by atoms with E-state index in [1.165, 1.54) is 6.07 Å². The normalized spacial score (nSPS) is 16.8. The van der Waals surface area contributed by atoms with Gasteiger partial charge in [0.1, 0.15) is 11.8 Å². The van der Waals surface area contributed by atoms with Gasteiger partial charge in [0, 0.05) is 18.1 Å². The number of imide groups is 1. The molecule has 1 aromatic heterocycles. The third kappa shape index (κ3) is 4.72. The van der Waals surface area contributed by atoms with Crippen LogP contribution in [0.4, 0.5) is 10.6 Å². The van der Waals surface area contributed by atoms with E-state index in [1.54, 1.807) is 37.3 Å².